The van der Waals surface area contributed by atoms with Gasteiger partial charge in [0.1, 0.15) is 0 Å². The molecule has 0 unspecified atom stereocenters. The highest BCUT2D eigenvalue weighted by Crippen LogP contribution is 2.19. The molecule has 1 aromatic rings. The van der Waals surface area contributed by atoms with Gasteiger partial charge < -0.3 is 10.4 Å². The molecule has 88 valence electrons. The first-order valence-electron chi connectivity index (χ1n) is 5.27. The van der Waals surface area contributed by atoms with Gasteiger partial charge in [0.2, 0.25) is 0 Å². The van der Waals surface area contributed by atoms with Gasteiger partial charge in [-0.3, -0.25) is 4.79 Å². The number of halogens is 1. The smallest absolute Gasteiger partial charge is 0.251 e. The number of aliphatic hydroxyl groups is 1. The zero-order chi connectivity index (χ0) is 12.1. The predicted molar refractivity (Wildman–Crippen MR) is 67.5 cm³/mol. The average molecular weight is 286 g/mol. The second-order valence-electron chi connectivity index (χ2n) is 3.67. The van der Waals surface area contributed by atoms with Gasteiger partial charge in [0.05, 0.1) is 12.6 Å². The van der Waals surface area contributed by atoms with Crippen LogP contribution < -0.4 is 5.32 Å². The molecule has 0 aromatic heterocycles. The molecule has 1 atom stereocenters. The first kappa shape index (κ1) is 13.2. The Morgan fingerprint density at radius 1 is 1.56 bits per heavy atom. The van der Waals surface area contributed by atoms with Crippen LogP contribution in [0, 0.1) is 6.92 Å². The van der Waals surface area contributed by atoms with Crippen LogP contribution in [-0.4, -0.2) is 23.7 Å². The van der Waals surface area contributed by atoms with Gasteiger partial charge in [-0.15, -0.1) is 0 Å². The van der Waals surface area contributed by atoms with Crippen molar-refractivity contribution in [3.8, 4) is 0 Å². The topological polar surface area (TPSA) is 49.3 Å². The molecule has 0 fully saturated rings. The fraction of sp³-hybridized carbons (Fsp3) is 0.417. The number of carbonyl (C=O) groups excluding carboxylic acids is 1. The highest BCUT2D eigenvalue weighted by Gasteiger charge is 2.13. The van der Waals surface area contributed by atoms with E-state index >= 15 is 0 Å². The van der Waals surface area contributed by atoms with E-state index in [1.165, 1.54) is 0 Å². The Labute approximate surface area is 104 Å². The van der Waals surface area contributed by atoms with Crippen molar-refractivity contribution in [2.24, 2.45) is 0 Å². The summed E-state index contributed by atoms with van der Waals surface area (Å²) in [6.07, 6.45) is 0.718. The van der Waals surface area contributed by atoms with E-state index in [9.17, 15) is 4.79 Å². The normalized spacial score (nSPS) is 12.2. The number of hydrogen-bond donors (Lipinski definition) is 2. The van der Waals surface area contributed by atoms with Gasteiger partial charge in [-0.2, -0.15) is 0 Å². The fourth-order valence-corrected chi connectivity index (χ4v) is 1.76. The maximum absolute atomic E-state index is 11.9. The molecule has 0 radical (unpaired) electrons. The van der Waals surface area contributed by atoms with Gasteiger partial charge >= 0.3 is 0 Å². The number of amides is 1. The van der Waals surface area contributed by atoms with Crippen molar-refractivity contribution in [1.82, 2.24) is 5.32 Å². The predicted octanol–water partition coefficient (Wildman–Crippen LogP) is 2.26. The molecule has 0 saturated heterocycles. The highest BCUT2D eigenvalue weighted by molar-refractivity contribution is 9.10. The summed E-state index contributed by atoms with van der Waals surface area (Å²) in [6, 6.07) is 5.33. The van der Waals surface area contributed by atoms with Gasteiger partial charge in [0.25, 0.3) is 5.91 Å². The molecule has 0 heterocycles. The standard InChI is InChI=1S/C12H16BrNO2/c1-3-9(7-15)14-12(16)10-5-4-6-11(13)8(10)2/h4-6,9,15H,3,7H2,1-2H3,(H,14,16)/t9-/m0/s1. The monoisotopic (exact) mass is 285 g/mol. The van der Waals surface area contributed by atoms with E-state index in [0.717, 1.165) is 16.5 Å². The Morgan fingerprint density at radius 2 is 2.25 bits per heavy atom. The second-order valence-corrected chi connectivity index (χ2v) is 4.53. The summed E-state index contributed by atoms with van der Waals surface area (Å²) in [5.74, 6) is -0.139. The van der Waals surface area contributed by atoms with Crippen molar-refractivity contribution in [3.63, 3.8) is 0 Å². The van der Waals surface area contributed by atoms with E-state index in [4.69, 9.17) is 5.11 Å². The zero-order valence-corrected chi connectivity index (χ0v) is 11.0. The highest BCUT2D eigenvalue weighted by atomic mass is 79.9. The van der Waals surface area contributed by atoms with Crippen LogP contribution >= 0.6 is 15.9 Å². The summed E-state index contributed by atoms with van der Waals surface area (Å²) in [7, 11) is 0. The van der Waals surface area contributed by atoms with Gasteiger partial charge in [-0.25, -0.2) is 0 Å². The van der Waals surface area contributed by atoms with Crippen LogP contribution in [0.3, 0.4) is 0 Å². The first-order valence-corrected chi connectivity index (χ1v) is 6.06. The minimum Gasteiger partial charge on any atom is -0.394 e. The van der Waals surface area contributed by atoms with Crippen molar-refractivity contribution in [2.75, 3.05) is 6.61 Å². The van der Waals surface area contributed by atoms with Crippen LogP contribution in [0.4, 0.5) is 0 Å². The minimum absolute atomic E-state index is 0.0324. The Kier molecular flexibility index (Phi) is 4.96. The van der Waals surface area contributed by atoms with Gasteiger partial charge in [0.15, 0.2) is 0 Å². The molecule has 3 nitrogen and oxygen atoms in total. The Hall–Kier alpha value is -0.870. The lowest BCUT2D eigenvalue weighted by atomic mass is 10.1. The quantitative estimate of drug-likeness (QED) is 0.892. The van der Waals surface area contributed by atoms with Crippen LogP contribution in [-0.2, 0) is 0 Å². The largest absolute Gasteiger partial charge is 0.394 e. The van der Waals surface area contributed by atoms with Crippen LogP contribution in [0.2, 0.25) is 0 Å². The average Bonchev–Trinajstić information content (AvgIpc) is 2.29. The van der Waals surface area contributed by atoms with E-state index in [-0.39, 0.29) is 18.6 Å². The van der Waals surface area contributed by atoms with E-state index in [1.807, 2.05) is 26.0 Å². The van der Waals surface area contributed by atoms with Gasteiger partial charge in [-0.1, -0.05) is 28.9 Å². The van der Waals surface area contributed by atoms with E-state index in [0.29, 0.717) is 5.56 Å². The molecule has 0 bridgehead atoms. The summed E-state index contributed by atoms with van der Waals surface area (Å²) in [6.45, 7) is 3.78. The molecular weight excluding hydrogens is 270 g/mol. The van der Waals surface area contributed by atoms with E-state index in [2.05, 4.69) is 21.2 Å². The number of carbonyl (C=O) groups is 1. The number of nitrogens with one attached hydrogen (secondary N) is 1. The Bertz CT molecular complexity index is 375. The van der Waals surface area contributed by atoms with Crippen molar-refractivity contribution in [1.29, 1.82) is 0 Å². The molecule has 0 aliphatic rings. The molecule has 1 rings (SSSR count). The Morgan fingerprint density at radius 3 is 2.81 bits per heavy atom. The number of aliphatic hydroxyl groups excluding tert-OH is 1. The summed E-state index contributed by atoms with van der Waals surface area (Å²) < 4.78 is 0.914. The summed E-state index contributed by atoms with van der Waals surface area (Å²) >= 11 is 3.39. The summed E-state index contributed by atoms with van der Waals surface area (Å²) in [4.78, 5) is 11.9. The number of rotatable bonds is 4. The Balaban J connectivity index is 2.84. The lowest BCUT2D eigenvalue weighted by Gasteiger charge is -2.15. The van der Waals surface area contributed by atoms with Crippen molar-refractivity contribution in [2.45, 2.75) is 26.3 Å². The van der Waals surface area contributed by atoms with E-state index < -0.39 is 0 Å². The van der Waals surface area contributed by atoms with Crippen molar-refractivity contribution >= 4 is 21.8 Å². The van der Waals surface area contributed by atoms with E-state index in [1.54, 1.807) is 6.07 Å². The third-order valence-corrected chi connectivity index (χ3v) is 3.42. The lowest BCUT2D eigenvalue weighted by molar-refractivity contribution is 0.0914. The maximum atomic E-state index is 11.9. The molecule has 0 saturated carbocycles. The molecule has 0 spiro atoms. The second kappa shape index (κ2) is 6.01. The molecular formula is C12H16BrNO2. The molecule has 0 aliphatic carbocycles. The number of hydrogen-bond acceptors (Lipinski definition) is 2. The molecule has 4 heteroatoms. The van der Waals surface area contributed by atoms with Crippen LogP contribution in [0.25, 0.3) is 0 Å². The third-order valence-electron chi connectivity index (χ3n) is 2.56. The van der Waals surface area contributed by atoms with Gasteiger partial charge in [-0.05, 0) is 31.0 Å². The third kappa shape index (κ3) is 3.06. The van der Waals surface area contributed by atoms with Crippen molar-refractivity contribution in [3.05, 3.63) is 33.8 Å². The summed E-state index contributed by atoms with van der Waals surface area (Å²) in [5, 5.41) is 11.8. The molecule has 2 N–H and O–H groups in total. The van der Waals surface area contributed by atoms with Crippen LogP contribution in [0.1, 0.15) is 29.3 Å². The minimum atomic E-state index is -0.175. The SMILES string of the molecule is CC[C@@H](CO)NC(=O)c1cccc(Br)c1C. The molecule has 16 heavy (non-hydrogen) atoms. The van der Waals surface area contributed by atoms with Crippen molar-refractivity contribution < 1.29 is 9.90 Å². The molecule has 1 amide bonds. The lowest BCUT2D eigenvalue weighted by Crippen LogP contribution is -2.37. The van der Waals surface area contributed by atoms with Crippen LogP contribution in [0.5, 0.6) is 0 Å². The fourth-order valence-electron chi connectivity index (χ4n) is 1.39. The van der Waals surface area contributed by atoms with Crippen LogP contribution in [0.15, 0.2) is 22.7 Å². The summed E-state index contributed by atoms with van der Waals surface area (Å²) in [5.41, 5.74) is 1.55. The molecule has 0 aliphatic heterocycles. The molecule has 1 aromatic carbocycles. The maximum Gasteiger partial charge on any atom is 0.251 e. The zero-order valence-electron chi connectivity index (χ0n) is 9.46. The first-order chi connectivity index (χ1) is 7.60. The number of benzene rings is 1. The van der Waals surface area contributed by atoms with Gasteiger partial charge in [0, 0.05) is 10.0 Å².